The molecule has 4 nitrogen and oxygen atoms in total. The number of amides is 1. The molecule has 1 unspecified atom stereocenters. The number of benzene rings is 1. The zero-order valence-electron chi connectivity index (χ0n) is 10.7. The molecule has 1 aromatic rings. The van der Waals surface area contributed by atoms with Crippen molar-refractivity contribution < 1.29 is 9.90 Å². The first-order valence-corrected chi connectivity index (χ1v) is 5.61. The van der Waals surface area contributed by atoms with Gasteiger partial charge in [-0.05, 0) is 39.3 Å². The third kappa shape index (κ3) is 2.97. The van der Waals surface area contributed by atoms with Crippen LogP contribution in [0.2, 0.25) is 0 Å². The van der Waals surface area contributed by atoms with E-state index in [4.69, 9.17) is 5.73 Å². The molecule has 17 heavy (non-hydrogen) atoms. The van der Waals surface area contributed by atoms with Gasteiger partial charge in [0.15, 0.2) is 0 Å². The molecule has 1 atom stereocenters. The number of hydrogen-bond donors (Lipinski definition) is 3. The van der Waals surface area contributed by atoms with Crippen LogP contribution in [0.1, 0.15) is 36.7 Å². The first kappa shape index (κ1) is 13.5. The first-order chi connectivity index (χ1) is 7.75. The summed E-state index contributed by atoms with van der Waals surface area (Å²) in [4.78, 5) is 12.0. The highest BCUT2D eigenvalue weighted by molar-refractivity contribution is 6.00. The predicted molar refractivity (Wildman–Crippen MR) is 68.8 cm³/mol. The van der Waals surface area contributed by atoms with E-state index in [1.54, 1.807) is 32.9 Å². The van der Waals surface area contributed by atoms with Gasteiger partial charge in [-0.25, -0.2) is 0 Å². The number of rotatable bonds is 3. The predicted octanol–water partition coefficient (Wildman–Crippen LogP) is 1.47. The van der Waals surface area contributed by atoms with Gasteiger partial charge in [-0.1, -0.05) is 12.1 Å². The average Bonchev–Trinajstić information content (AvgIpc) is 2.21. The molecule has 4 N–H and O–H groups in total. The zero-order chi connectivity index (χ0) is 13.2. The van der Waals surface area contributed by atoms with Gasteiger partial charge >= 0.3 is 0 Å². The number of nitrogen functional groups attached to an aromatic ring is 1. The van der Waals surface area contributed by atoms with Crippen molar-refractivity contribution in [1.29, 1.82) is 0 Å². The Kier molecular flexibility index (Phi) is 3.78. The number of carbonyl (C=O) groups is 1. The second-order valence-corrected chi connectivity index (χ2v) is 4.89. The lowest BCUT2D eigenvalue weighted by atomic mass is 9.97. The summed E-state index contributed by atoms with van der Waals surface area (Å²) >= 11 is 0. The van der Waals surface area contributed by atoms with Crippen molar-refractivity contribution in [1.82, 2.24) is 5.32 Å². The molecule has 1 amide bonds. The lowest BCUT2D eigenvalue weighted by Gasteiger charge is -2.29. The molecule has 0 radical (unpaired) electrons. The van der Waals surface area contributed by atoms with Gasteiger partial charge < -0.3 is 16.2 Å². The lowest BCUT2D eigenvalue weighted by molar-refractivity contribution is 0.0710. The molecule has 4 heteroatoms. The minimum absolute atomic E-state index is 0.267. The molecule has 0 aliphatic heterocycles. The molecule has 0 saturated carbocycles. The summed E-state index contributed by atoms with van der Waals surface area (Å²) < 4.78 is 0. The molecule has 0 aliphatic carbocycles. The van der Waals surface area contributed by atoms with E-state index < -0.39 is 11.6 Å². The molecule has 94 valence electrons. The number of nitrogens with two attached hydrogens (primary N) is 1. The Balaban J connectivity index is 2.95. The largest absolute Gasteiger partial charge is 0.398 e. The third-order valence-electron chi connectivity index (χ3n) is 3.05. The van der Waals surface area contributed by atoms with Crippen molar-refractivity contribution in [3.63, 3.8) is 0 Å². The summed E-state index contributed by atoms with van der Waals surface area (Å²) in [5, 5.41) is 12.3. The molecule has 0 saturated heterocycles. The molecule has 1 rings (SSSR count). The fraction of sp³-hybridized carbons (Fsp3) is 0.462. The maximum atomic E-state index is 12.0. The van der Waals surface area contributed by atoms with Crippen LogP contribution in [0.25, 0.3) is 0 Å². The lowest BCUT2D eigenvalue weighted by Crippen LogP contribution is -2.51. The molecule has 1 aromatic carbocycles. The normalized spacial score (nSPS) is 13.2. The molecule has 0 heterocycles. The first-order valence-electron chi connectivity index (χ1n) is 5.61. The van der Waals surface area contributed by atoms with Gasteiger partial charge in [0.1, 0.15) is 0 Å². The van der Waals surface area contributed by atoms with E-state index in [0.717, 1.165) is 5.56 Å². The van der Waals surface area contributed by atoms with E-state index in [9.17, 15) is 9.90 Å². The van der Waals surface area contributed by atoms with E-state index in [0.29, 0.717) is 11.3 Å². The Morgan fingerprint density at radius 1 is 1.47 bits per heavy atom. The van der Waals surface area contributed by atoms with Crippen LogP contribution in [0.3, 0.4) is 0 Å². The van der Waals surface area contributed by atoms with Crippen LogP contribution < -0.4 is 11.1 Å². The number of hydrogen-bond acceptors (Lipinski definition) is 3. The summed E-state index contributed by atoms with van der Waals surface area (Å²) in [6, 6.07) is 5.32. The van der Waals surface area contributed by atoms with E-state index in [1.807, 2.05) is 13.0 Å². The Morgan fingerprint density at radius 2 is 2.06 bits per heavy atom. The molecular weight excluding hydrogens is 216 g/mol. The van der Waals surface area contributed by atoms with Crippen LogP contribution in [-0.4, -0.2) is 22.7 Å². The van der Waals surface area contributed by atoms with E-state index >= 15 is 0 Å². The van der Waals surface area contributed by atoms with E-state index in [1.165, 1.54) is 0 Å². The van der Waals surface area contributed by atoms with Gasteiger partial charge in [0.05, 0.1) is 17.2 Å². The molecular formula is C13H20N2O2. The van der Waals surface area contributed by atoms with Gasteiger partial charge in [0.25, 0.3) is 5.91 Å². The summed E-state index contributed by atoms with van der Waals surface area (Å²) in [5.74, 6) is -0.267. The molecule has 0 aromatic heterocycles. The molecule has 0 spiro atoms. The second kappa shape index (κ2) is 4.75. The van der Waals surface area contributed by atoms with Crippen molar-refractivity contribution in [2.75, 3.05) is 5.73 Å². The fourth-order valence-electron chi connectivity index (χ4n) is 1.34. The summed E-state index contributed by atoms with van der Waals surface area (Å²) in [6.07, 6.45) is -0.641. The minimum atomic E-state index is -0.687. The Bertz CT molecular complexity index is 425. The quantitative estimate of drug-likeness (QED) is 0.696. The SMILES string of the molecule is Cc1cccc(C(=O)NC(C)(C)C(C)O)c1N. The van der Waals surface area contributed by atoms with Gasteiger partial charge in [-0.15, -0.1) is 0 Å². The van der Waals surface area contributed by atoms with Gasteiger partial charge in [-0.2, -0.15) is 0 Å². The number of aryl methyl sites for hydroxylation is 1. The van der Waals surface area contributed by atoms with Crippen molar-refractivity contribution >= 4 is 11.6 Å². The van der Waals surface area contributed by atoms with Crippen LogP contribution in [0.5, 0.6) is 0 Å². The van der Waals surface area contributed by atoms with E-state index in [-0.39, 0.29) is 5.91 Å². The smallest absolute Gasteiger partial charge is 0.253 e. The maximum Gasteiger partial charge on any atom is 0.253 e. The zero-order valence-corrected chi connectivity index (χ0v) is 10.7. The average molecular weight is 236 g/mol. The number of nitrogens with one attached hydrogen (secondary N) is 1. The number of carbonyl (C=O) groups excluding carboxylic acids is 1. The Labute approximate surface area is 102 Å². The van der Waals surface area contributed by atoms with Crippen molar-refractivity contribution in [3.8, 4) is 0 Å². The minimum Gasteiger partial charge on any atom is -0.398 e. The van der Waals surface area contributed by atoms with Crippen LogP contribution in [-0.2, 0) is 0 Å². The molecule has 0 aliphatic rings. The van der Waals surface area contributed by atoms with Crippen LogP contribution in [0.4, 0.5) is 5.69 Å². The van der Waals surface area contributed by atoms with Crippen LogP contribution in [0, 0.1) is 6.92 Å². The topological polar surface area (TPSA) is 75.3 Å². The maximum absolute atomic E-state index is 12.0. The number of aliphatic hydroxyl groups is 1. The van der Waals surface area contributed by atoms with Crippen molar-refractivity contribution in [3.05, 3.63) is 29.3 Å². The Hall–Kier alpha value is -1.55. The van der Waals surface area contributed by atoms with Gasteiger partial charge in [-0.3, -0.25) is 4.79 Å². The highest BCUT2D eigenvalue weighted by Crippen LogP contribution is 2.18. The Morgan fingerprint density at radius 3 is 2.59 bits per heavy atom. The standard InChI is InChI=1S/C13H20N2O2/c1-8-6-5-7-10(11(8)14)12(17)15-13(3,4)9(2)16/h5-7,9,16H,14H2,1-4H3,(H,15,17). The summed E-state index contributed by atoms with van der Waals surface area (Å²) in [7, 11) is 0. The number of anilines is 1. The summed E-state index contributed by atoms with van der Waals surface area (Å²) in [5.41, 5.74) is 6.96. The highest BCUT2D eigenvalue weighted by Gasteiger charge is 2.27. The summed E-state index contributed by atoms with van der Waals surface area (Å²) in [6.45, 7) is 7.02. The number of aliphatic hydroxyl groups excluding tert-OH is 1. The molecule has 0 bridgehead atoms. The fourth-order valence-corrected chi connectivity index (χ4v) is 1.34. The van der Waals surface area contributed by atoms with Crippen LogP contribution >= 0.6 is 0 Å². The second-order valence-electron chi connectivity index (χ2n) is 4.89. The monoisotopic (exact) mass is 236 g/mol. The van der Waals surface area contributed by atoms with Gasteiger partial charge in [0, 0.05) is 5.69 Å². The third-order valence-corrected chi connectivity index (χ3v) is 3.05. The van der Waals surface area contributed by atoms with E-state index in [2.05, 4.69) is 5.32 Å². The van der Waals surface area contributed by atoms with Crippen molar-refractivity contribution in [2.24, 2.45) is 0 Å². The highest BCUT2D eigenvalue weighted by atomic mass is 16.3. The molecule has 0 fully saturated rings. The van der Waals surface area contributed by atoms with Crippen LogP contribution in [0.15, 0.2) is 18.2 Å². The van der Waals surface area contributed by atoms with Crippen molar-refractivity contribution in [2.45, 2.75) is 39.3 Å². The van der Waals surface area contributed by atoms with Gasteiger partial charge in [0.2, 0.25) is 0 Å². The number of para-hydroxylation sites is 1.